The van der Waals surface area contributed by atoms with Crippen LogP contribution in [0.3, 0.4) is 0 Å². The lowest BCUT2D eigenvalue weighted by Gasteiger charge is -2.38. The van der Waals surface area contributed by atoms with Crippen LogP contribution in [0.5, 0.6) is 0 Å². The summed E-state index contributed by atoms with van der Waals surface area (Å²) in [7, 11) is 0. The number of pyridine rings is 1. The van der Waals surface area contributed by atoms with Crippen molar-refractivity contribution in [2.75, 3.05) is 0 Å². The maximum Gasteiger partial charge on any atom is 0.329 e. The minimum absolute atomic E-state index is 0.378. The van der Waals surface area contributed by atoms with Gasteiger partial charge in [-0.3, -0.25) is 9.78 Å². The number of benzene rings is 1. The molecule has 2 N–H and O–H groups in total. The van der Waals surface area contributed by atoms with Crippen LogP contribution in [0.2, 0.25) is 0 Å². The Morgan fingerprint density at radius 3 is 2.60 bits per heavy atom. The van der Waals surface area contributed by atoms with Gasteiger partial charge in [-0.1, -0.05) is 18.2 Å². The maximum absolute atomic E-state index is 12.4. The highest BCUT2D eigenvalue weighted by atomic mass is 16.4. The molecule has 0 atom stereocenters. The molecule has 5 heteroatoms. The predicted molar refractivity (Wildman–Crippen MR) is 73.4 cm³/mol. The van der Waals surface area contributed by atoms with Crippen molar-refractivity contribution in [3.8, 4) is 0 Å². The Labute approximate surface area is 115 Å². The van der Waals surface area contributed by atoms with E-state index in [-0.39, 0.29) is 5.91 Å². The van der Waals surface area contributed by atoms with E-state index in [2.05, 4.69) is 10.3 Å². The SMILES string of the molecule is O=C(NC1(C(=O)O)CCC1)c1cccc2cccnc12. The van der Waals surface area contributed by atoms with Gasteiger partial charge < -0.3 is 10.4 Å². The number of nitrogens with zero attached hydrogens (tertiary/aromatic N) is 1. The van der Waals surface area contributed by atoms with Crippen molar-refractivity contribution < 1.29 is 14.7 Å². The van der Waals surface area contributed by atoms with Crippen molar-refractivity contribution in [2.45, 2.75) is 24.8 Å². The number of carbonyl (C=O) groups is 2. The molecule has 1 fully saturated rings. The molecule has 0 unspecified atom stereocenters. The smallest absolute Gasteiger partial charge is 0.329 e. The predicted octanol–water partition coefficient (Wildman–Crippen LogP) is 1.97. The molecular weight excluding hydrogens is 256 g/mol. The number of rotatable bonds is 3. The van der Waals surface area contributed by atoms with Crippen LogP contribution in [-0.4, -0.2) is 27.5 Å². The van der Waals surface area contributed by atoms with Crippen molar-refractivity contribution in [1.29, 1.82) is 0 Å². The summed E-state index contributed by atoms with van der Waals surface area (Å²) in [5.74, 6) is -1.35. The molecule has 102 valence electrons. The second kappa shape index (κ2) is 4.59. The Balaban J connectivity index is 1.95. The summed E-state index contributed by atoms with van der Waals surface area (Å²) >= 11 is 0. The van der Waals surface area contributed by atoms with E-state index in [1.807, 2.05) is 12.1 Å². The number of para-hydroxylation sites is 1. The van der Waals surface area contributed by atoms with Gasteiger partial charge in [0, 0.05) is 11.6 Å². The zero-order valence-corrected chi connectivity index (χ0v) is 10.8. The molecule has 20 heavy (non-hydrogen) atoms. The summed E-state index contributed by atoms with van der Waals surface area (Å²) in [6.07, 6.45) is 3.40. The lowest BCUT2D eigenvalue weighted by molar-refractivity contribution is -0.148. The second-order valence-corrected chi connectivity index (χ2v) is 5.08. The second-order valence-electron chi connectivity index (χ2n) is 5.08. The van der Waals surface area contributed by atoms with Crippen LogP contribution >= 0.6 is 0 Å². The maximum atomic E-state index is 12.4. The van der Waals surface area contributed by atoms with Gasteiger partial charge in [0.15, 0.2) is 0 Å². The number of carbonyl (C=O) groups excluding carboxylic acids is 1. The molecule has 1 aliphatic rings. The van der Waals surface area contributed by atoms with Crippen molar-refractivity contribution >= 4 is 22.8 Å². The van der Waals surface area contributed by atoms with Gasteiger partial charge in [-0.05, 0) is 31.4 Å². The topological polar surface area (TPSA) is 79.3 Å². The first kappa shape index (κ1) is 12.6. The molecular formula is C15H14N2O3. The molecule has 1 aromatic heterocycles. The summed E-state index contributed by atoms with van der Waals surface area (Å²) in [4.78, 5) is 27.9. The third-order valence-corrected chi connectivity index (χ3v) is 3.85. The minimum Gasteiger partial charge on any atom is -0.480 e. The van der Waals surface area contributed by atoms with Crippen molar-refractivity contribution in [2.24, 2.45) is 0 Å². The van der Waals surface area contributed by atoms with E-state index in [4.69, 9.17) is 0 Å². The van der Waals surface area contributed by atoms with Crippen LogP contribution in [-0.2, 0) is 4.79 Å². The zero-order chi connectivity index (χ0) is 14.2. The van der Waals surface area contributed by atoms with E-state index in [0.717, 1.165) is 11.8 Å². The van der Waals surface area contributed by atoms with Crippen LogP contribution < -0.4 is 5.32 Å². The minimum atomic E-state index is -1.10. The summed E-state index contributed by atoms with van der Waals surface area (Å²) in [5.41, 5.74) is -0.100. The molecule has 0 spiro atoms. The highest BCUT2D eigenvalue weighted by molar-refractivity contribution is 6.07. The van der Waals surface area contributed by atoms with Gasteiger partial charge in [-0.25, -0.2) is 4.79 Å². The highest BCUT2D eigenvalue weighted by Gasteiger charge is 2.45. The van der Waals surface area contributed by atoms with Crippen LogP contribution in [0, 0.1) is 0 Å². The molecule has 1 saturated carbocycles. The van der Waals surface area contributed by atoms with E-state index in [1.54, 1.807) is 24.4 Å². The Morgan fingerprint density at radius 1 is 1.20 bits per heavy atom. The lowest BCUT2D eigenvalue weighted by Crippen LogP contribution is -2.59. The first-order valence-electron chi connectivity index (χ1n) is 6.52. The number of hydrogen-bond donors (Lipinski definition) is 2. The normalized spacial score (nSPS) is 16.4. The van der Waals surface area contributed by atoms with E-state index in [0.29, 0.717) is 23.9 Å². The summed E-state index contributed by atoms with van der Waals surface area (Å²) in [6, 6.07) is 8.98. The van der Waals surface area contributed by atoms with Crippen molar-refractivity contribution in [1.82, 2.24) is 10.3 Å². The Morgan fingerprint density at radius 2 is 1.95 bits per heavy atom. The molecule has 0 bridgehead atoms. The highest BCUT2D eigenvalue weighted by Crippen LogP contribution is 2.32. The molecule has 1 aromatic carbocycles. The number of nitrogens with one attached hydrogen (secondary N) is 1. The molecule has 0 radical (unpaired) electrons. The number of carboxylic acid groups (broad SMARTS) is 1. The Kier molecular flexibility index (Phi) is 2.89. The van der Waals surface area contributed by atoms with Gasteiger partial charge in [-0.2, -0.15) is 0 Å². The average Bonchev–Trinajstić information content (AvgIpc) is 2.41. The van der Waals surface area contributed by atoms with Crippen molar-refractivity contribution in [3.63, 3.8) is 0 Å². The van der Waals surface area contributed by atoms with Crippen LogP contribution in [0.15, 0.2) is 36.5 Å². The van der Waals surface area contributed by atoms with Gasteiger partial charge >= 0.3 is 5.97 Å². The number of carboxylic acids is 1. The number of fused-ring (bicyclic) bond motifs is 1. The van der Waals surface area contributed by atoms with Gasteiger partial charge in [0.2, 0.25) is 0 Å². The quantitative estimate of drug-likeness (QED) is 0.893. The summed E-state index contributed by atoms with van der Waals surface area (Å²) in [6.45, 7) is 0. The molecule has 1 amide bonds. The fourth-order valence-electron chi connectivity index (χ4n) is 2.49. The lowest BCUT2D eigenvalue weighted by atomic mass is 9.76. The fourth-order valence-corrected chi connectivity index (χ4v) is 2.49. The first-order valence-corrected chi connectivity index (χ1v) is 6.52. The molecule has 1 heterocycles. The number of aromatic nitrogens is 1. The van der Waals surface area contributed by atoms with E-state index < -0.39 is 11.5 Å². The third-order valence-electron chi connectivity index (χ3n) is 3.85. The standard InChI is InChI=1S/C15H14N2O3/c18-13(17-15(14(19)20)7-3-8-15)11-6-1-4-10-5-2-9-16-12(10)11/h1-2,4-6,9H,3,7-8H2,(H,17,18)(H,19,20). The number of hydrogen-bond acceptors (Lipinski definition) is 3. The van der Waals surface area contributed by atoms with Crippen LogP contribution in [0.25, 0.3) is 10.9 Å². The molecule has 2 aromatic rings. The summed E-state index contributed by atoms with van der Waals surface area (Å²) < 4.78 is 0. The van der Waals surface area contributed by atoms with Gasteiger partial charge in [0.1, 0.15) is 5.54 Å². The van der Waals surface area contributed by atoms with Gasteiger partial charge in [0.05, 0.1) is 11.1 Å². The van der Waals surface area contributed by atoms with E-state index >= 15 is 0 Å². The fraction of sp³-hybridized carbons (Fsp3) is 0.267. The Bertz CT molecular complexity index is 687. The van der Waals surface area contributed by atoms with Crippen LogP contribution in [0.4, 0.5) is 0 Å². The Hall–Kier alpha value is -2.43. The first-order chi connectivity index (χ1) is 9.62. The van der Waals surface area contributed by atoms with Gasteiger partial charge in [0.25, 0.3) is 5.91 Å². The monoisotopic (exact) mass is 270 g/mol. The zero-order valence-electron chi connectivity index (χ0n) is 10.8. The molecule has 1 aliphatic carbocycles. The van der Waals surface area contributed by atoms with E-state index in [1.165, 1.54) is 0 Å². The molecule has 3 rings (SSSR count). The molecule has 0 aliphatic heterocycles. The molecule has 5 nitrogen and oxygen atoms in total. The number of aliphatic carboxylic acids is 1. The van der Waals surface area contributed by atoms with Gasteiger partial charge in [-0.15, -0.1) is 0 Å². The third kappa shape index (κ3) is 1.91. The van der Waals surface area contributed by atoms with Crippen molar-refractivity contribution in [3.05, 3.63) is 42.1 Å². The molecule has 0 saturated heterocycles. The largest absolute Gasteiger partial charge is 0.480 e. The van der Waals surface area contributed by atoms with E-state index in [9.17, 15) is 14.7 Å². The van der Waals surface area contributed by atoms with Crippen LogP contribution in [0.1, 0.15) is 29.6 Å². The number of amides is 1. The average molecular weight is 270 g/mol. The summed E-state index contributed by atoms with van der Waals surface area (Å²) in [5, 5.41) is 12.8.